The fraction of sp³-hybridized carbons (Fsp3) is 0.150. The third kappa shape index (κ3) is 4.37. The summed E-state index contributed by atoms with van der Waals surface area (Å²) in [6, 6.07) is 18.8. The molecule has 0 aliphatic carbocycles. The monoisotopic (exact) mass is 366 g/mol. The number of benzene rings is 2. The Morgan fingerprint density at radius 3 is 2.50 bits per heavy atom. The number of anilines is 2. The van der Waals surface area contributed by atoms with Gasteiger partial charge in [0.05, 0.1) is 10.7 Å². The summed E-state index contributed by atoms with van der Waals surface area (Å²) < 4.78 is 0. The summed E-state index contributed by atoms with van der Waals surface area (Å²) in [6.07, 6.45) is 0. The van der Waals surface area contributed by atoms with Crippen molar-refractivity contribution in [2.75, 3.05) is 12.4 Å². The molecule has 0 saturated carbocycles. The molecule has 1 N–H and O–H groups in total. The number of rotatable bonds is 5. The van der Waals surface area contributed by atoms with Crippen LogP contribution < -0.4 is 5.32 Å². The summed E-state index contributed by atoms with van der Waals surface area (Å²) in [6.45, 7) is 2.27. The van der Waals surface area contributed by atoms with Gasteiger partial charge in [-0.2, -0.15) is 0 Å². The molecular weight excluding hydrogens is 348 g/mol. The zero-order valence-electron chi connectivity index (χ0n) is 14.6. The minimum absolute atomic E-state index is 0.165. The fourth-order valence-electron chi connectivity index (χ4n) is 2.57. The van der Waals surface area contributed by atoms with Gasteiger partial charge >= 0.3 is 0 Å². The number of para-hydroxylation sites is 1. The van der Waals surface area contributed by atoms with E-state index in [2.05, 4.69) is 15.3 Å². The minimum atomic E-state index is -0.165. The van der Waals surface area contributed by atoms with E-state index in [1.165, 1.54) is 0 Å². The maximum absolute atomic E-state index is 12.8. The lowest BCUT2D eigenvalue weighted by atomic mass is 10.2. The summed E-state index contributed by atoms with van der Waals surface area (Å²) in [5.41, 5.74) is 2.12. The van der Waals surface area contributed by atoms with Gasteiger partial charge < -0.3 is 10.2 Å². The number of nitrogens with zero attached hydrogens (tertiary/aromatic N) is 3. The summed E-state index contributed by atoms with van der Waals surface area (Å²) in [5, 5.41) is 3.72. The number of hydrogen-bond acceptors (Lipinski definition) is 4. The molecule has 2 aromatic carbocycles. The molecule has 0 spiro atoms. The van der Waals surface area contributed by atoms with E-state index < -0.39 is 0 Å². The van der Waals surface area contributed by atoms with Crippen molar-refractivity contribution in [3.05, 3.63) is 82.8 Å². The van der Waals surface area contributed by atoms with Crippen LogP contribution in [0.4, 0.5) is 11.5 Å². The van der Waals surface area contributed by atoms with Crippen LogP contribution in [0.25, 0.3) is 0 Å². The van der Waals surface area contributed by atoms with E-state index in [1.54, 1.807) is 31.0 Å². The Bertz CT molecular complexity index is 915. The smallest absolute Gasteiger partial charge is 0.272 e. The normalized spacial score (nSPS) is 10.4. The van der Waals surface area contributed by atoms with E-state index in [9.17, 15) is 4.79 Å². The average Bonchev–Trinajstić information content (AvgIpc) is 2.63. The van der Waals surface area contributed by atoms with Gasteiger partial charge in [-0.25, -0.2) is 9.97 Å². The van der Waals surface area contributed by atoms with Crippen molar-refractivity contribution < 1.29 is 4.79 Å². The maximum atomic E-state index is 12.8. The molecule has 0 atom stereocenters. The molecule has 1 aromatic heterocycles. The highest BCUT2D eigenvalue weighted by atomic mass is 35.5. The number of aromatic nitrogens is 2. The molecule has 132 valence electrons. The highest BCUT2D eigenvalue weighted by molar-refractivity contribution is 6.33. The molecule has 0 aliphatic heterocycles. The first-order valence-electron chi connectivity index (χ1n) is 8.19. The second kappa shape index (κ2) is 7.97. The SMILES string of the molecule is Cc1nc(Nc2ccccc2Cl)cc(C(=O)N(C)Cc2ccccc2)n1. The summed E-state index contributed by atoms with van der Waals surface area (Å²) in [4.78, 5) is 23.0. The lowest BCUT2D eigenvalue weighted by Crippen LogP contribution is -2.27. The zero-order chi connectivity index (χ0) is 18.5. The summed E-state index contributed by atoms with van der Waals surface area (Å²) >= 11 is 6.18. The van der Waals surface area contributed by atoms with Crippen molar-refractivity contribution in [2.45, 2.75) is 13.5 Å². The fourth-order valence-corrected chi connectivity index (χ4v) is 2.75. The van der Waals surface area contributed by atoms with E-state index >= 15 is 0 Å². The predicted octanol–water partition coefficient (Wildman–Crippen LogP) is 4.45. The Labute approximate surface area is 157 Å². The average molecular weight is 367 g/mol. The van der Waals surface area contributed by atoms with Crippen LogP contribution in [0.15, 0.2) is 60.7 Å². The second-order valence-electron chi connectivity index (χ2n) is 5.94. The molecule has 3 rings (SSSR count). The van der Waals surface area contributed by atoms with Crippen LogP contribution in [-0.4, -0.2) is 27.8 Å². The van der Waals surface area contributed by atoms with Crippen molar-refractivity contribution in [3.8, 4) is 0 Å². The number of hydrogen-bond donors (Lipinski definition) is 1. The number of nitrogens with one attached hydrogen (secondary N) is 1. The molecule has 1 heterocycles. The molecule has 0 aliphatic rings. The highest BCUT2D eigenvalue weighted by Gasteiger charge is 2.16. The predicted molar refractivity (Wildman–Crippen MR) is 104 cm³/mol. The van der Waals surface area contributed by atoms with E-state index in [0.717, 1.165) is 11.3 Å². The van der Waals surface area contributed by atoms with Crippen molar-refractivity contribution in [2.24, 2.45) is 0 Å². The molecule has 1 amide bonds. The minimum Gasteiger partial charge on any atom is -0.339 e. The van der Waals surface area contributed by atoms with Gasteiger partial charge in [-0.1, -0.05) is 54.1 Å². The second-order valence-corrected chi connectivity index (χ2v) is 6.34. The number of carbonyl (C=O) groups excluding carboxylic acids is 1. The van der Waals surface area contributed by atoms with Crippen molar-refractivity contribution in [3.63, 3.8) is 0 Å². The largest absolute Gasteiger partial charge is 0.339 e. The molecule has 0 radical (unpaired) electrons. The molecule has 0 unspecified atom stereocenters. The van der Waals surface area contributed by atoms with Gasteiger partial charge in [0.15, 0.2) is 0 Å². The van der Waals surface area contributed by atoms with Crippen LogP contribution in [-0.2, 0) is 6.54 Å². The number of aryl methyl sites for hydroxylation is 1. The lowest BCUT2D eigenvalue weighted by Gasteiger charge is -2.17. The van der Waals surface area contributed by atoms with Gasteiger partial charge in [0.25, 0.3) is 5.91 Å². The highest BCUT2D eigenvalue weighted by Crippen LogP contribution is 2.24. The van der Waals surface area contributed by atoms with Gasteiger partial charge in [-0.15, -0.1) is 0 Å². The first kappa shape index (κ1) is 17.9. The number of amides is 1. The van der Waals surface area contributed by atoms with Crippen molar-refractivity contribution in [1.29, 1.82) is 0 Å². The standard InChI is InChI=1S/C20H19ClN4O/c1-14-22-18(20(26)25(2)13-15-8-4-3-5-9-15)12-19(23-14)24-17-11-7-6-10-16(17)21/h3-12H,13H2,1-2H3,(H,22,23,24). The van der Waals surface area contributed by atoms with Crippen LogP contribution in [0, 0.1) is 6.92 Å². The third-order valence-corrected chi connectivity index (χ3v) is 4.13. The molecule has 0 fully saturated rings. The Balaban J connectivity index is 1.80. The molecule has 5 nitrogen and oxygen atoms in total. The topological polar surface area (TPSA) is 58.1 Å². The van der Waals surface area contributed by atoms with Gasteiger partial charge in [-0.3, -0.25) is 4.79 Å². The summed E-state index contributed by atoms with van der Waals surface area (Å²) in [5.74, 6) is 0.877. The molecule has 3 aromatic rings. The first-order chi connectivity index (χ1) is 12.5. The van der Waals surface area contributed by atoms with E-state index in [4.69, 9.17) is 11.6 Å². The molecule has 0 bridgehead atoms. The third-order valence-electron chi connectivity index (χ3n) is 3.80. The van der Waals surface area contributed by atoms with Crippen molar-refractivity contribution >= 4 is 29.0 Å². The Kier molecular flexibility index (Phi) is 5.49. The van der Waals surface area contributed by atoms with Gasteiger partial charge in [0.1, 0.15) is 17.3 Å². The lowest BCUT2D eigenvalue weighted by molar-refractivity contribution is 0.0779. The van der Waals surface area contributed by atoms with Crippen LogP contribution in [0.3, 0.4) is 0 Å². The number of halogens is 1. The van der Waals surface area contributed by atoms with Gasteiger partial charge in [0.2, 0.25) is 0 Å². The van der Waals surface area contributed by atoms with Gasteiger partial charge in [-0.05, 0) is 24.6 Å². The first-order valence-corrected chi connectivity index (χ1v) is 8.57. The van der Waals surface area contributed by atoms with Crippen LogP contribution in [0.2, 0.25) is 5.02 Å². The maximum Gasteiger partial charge on any atom is 0.272 e. The van der Waals surface area contributed by atoms with E-state index in [0.29, 0.717) is 28.9 Å². The van der Waals surface area contributed by atoms with Gasteiger partial charge in [0, 0.05) is 19.7 Å². The Hall–Kier alpha value is -2.92. The zero-order valence-corrected chi connectivity index (χ0v) is 15.4. The molecule has 26 heavy (non-hydrogen) atoms. The number of carbonyl (C=O) groups is 1. The summed E-state index contributed by atoms with van der Waals surface area (Å²) in [7, 11) is 1.76. The molecule has 6 heteroatoms. The quantitative estimate of drug-likeness (QED) is 0.724. The van der Waals surface area contributed by atoms with E-state index in [-0.39, 0.29) is 5.91 Å². The van der Waals surface area contributed by atoms with E-state index in [1.807, 2.05) is 48.5 Å². The Morgan fingerprint density at radius 2 is 1.77 bits per heavy atom. The van der Waals surface area contributed by atoms with Crippen molar-refractivity contribution in [1.82, 2.24) is 14.9 Å². The molecule has 0 saturated heterocycles. The Morgan fingerprint density at radius 1 is 1.08 bits per heavy atom. The van der Waals surface area contributed by atoms with Crippen LogP contribution >= 0.6 is 11.6 Å². The van der Waals surface area contributed by atoms with Crippen LogP contribution in [0.5, 0.6) is 0 Å². The van der Waals surface area contributed by atoms with Crippen LogP contribution in [0.1, 0.15) is 21.9 Å². The molecular formula is C20H19ClN4O.